The summed E-state index contributed by atoms with van der Waals surface area (Å²) in [6, 6.07) is 1.02. The molecule has 14 nitrogen and oxygen atoms in total. The monoisotopic (exact) mass is 679 g/mol. The molecule has 0 saturated carbocycles. The van der Waals surface area contributed by atoms with Crippen molar-refractivity contribution in [3.05, 3.63) is 59.2 Å². The molecule has 0 saturated heterocycles. The van der Waals surface area contributed by atoms with Gasteiger partial charge in [-0.25, -0.2) is 15.0 Å². The molecule has 0 aliphatic rings. The number of alkyl halides is 6. The zero-order valence-electron chi connectivity index (χ0n) is 22.2. The molecule has 22 heteroatoms. The second-order valence-electron chi connectivity index (χ2n) is 9.24. The molecule has 0 bridgehead atoms. The second-order valence-corrected chi connectivity index (χ2v) is 13.2. The summed E-state index contributed by atoms with van der Waals surface area (Å²) in [5.41, 5.74) is -4.04. The maximum atomic E-state index is 13.2. The Morgan fingerprint density at radius 2 is 1.59 bits per heavy atom. The molecule has 1 aromatic carbocycles. The van der Waals surface area contributed by atoms with Crippen LogP contribution in [0, 0.1) is 0 Å². The van der Waals surface area contributed by atoms with Crippen molar-refractivity contribution in [2.24, 2.45) is 0 Å². The lowest BCUT2D eigenvalue weighted by molar-refractivity contribution is -0.143. The summed E-state index contributed by atoms with van der Waals surface area (Å²) in [7, 11) is -9.76. The van der Waals surface area contributed by atoms with Crippen molar-refractivity contribution in [3.8, 4) is 0 Å². The highest BCUT2D eigenvalue weighted by Gasteiger charge is 2.37. The predicted octanol–water partition coefficient (Wildman–Crippen LogP) is 2.97. The molecule has 0 amide bonds. The number of imidazole rings is 1. The highest BCUT2D eigenvalue weighted by Crippen LogP contribution is 2.55. The molecule has 44 heavy (non-hydrogen) atoms. The minimum atomic E-state index is -5.06. The third-order valence-corrected chi connectivity index (χ3v) is 9.36. The minimum Gasteiger partial charge on any atom is -0.386 e. The van der Waals surface area contributed by atoms with Crippen molar-refractivity contribution in [2.45, 2.75) is 44.3 Å². The fourth-order valence-electron chi connectivity index (χ4n) is 3.82. The Bertz CT molecular complexity index is 1580. The van der Waals surface area contributed by atoms with Crippen LogP contribution in [-0.2, 0) is 32.6 Å². The first-order chi connectivity index (χ1) is 20.1. The van der Waals surface area contributed by atoms with Gasteiger partial charge in [-0.1, -0.05) is 6.08 Å². The van der Waals surface area contributed by atoms with E-state index in [4.69, 9.17) is 9.79 Å². The maximum absolute atomic E-state index is 13.2. The van der Waals surface area contributed by atoms with Gasteiger partial charge in [-0.3, -0.25) is 13.7 Å². The van der Waals surface area contributed by atoms with Gasteiger partial charge in [0.15, 0.2) is 29.1 Å². The predicted molar refractivity (Wildman–Crippen MR) is 139 cm³/mol. The van der Waals surface area contributed by atoms with Crippen molar-refractivity contribution in [1.82, 2.24) is 19.5 Å². The van der Waals surface area contributed by atoms with Gasteiger partial charge in [-0.2, -0.15) is 26.3 Å². The van der Waals surface area contributed by atoms with Gasteiger partial charge in [0.1, 0.15) is 18.5 Å². The first kappa shape index (κ1) is 35.5. The van der Waals surface area contributed by atoms with Crippen LogP contribution in [0.1, 0.15) is 29.8 Å². The molecule has 7 N–H and O–H groups in total. The lowest BCUT2D eigenvalue weighted by Crippen LogP contribution is -2.37. The van der Waals surface area contributed by atoms with Gasteiger partial charge in [0.05, 0.1) is 24.1 Å². The van der Waals surface area contributed by atoms with E-state index < -0.39 is 81.7 Å². The Kier molecular flexibility index (Phi) is 10.7. The molecule has 2 aromatic heterocycles. The first-order valence-corrected chi connectivity index (χ1v) is 15.6. The van der Waals surface area contributed by atoms with Crippen LogP contribution in [0.2, 0.25) is 0 Å². The number of benzene rings is 1. The van der Waals surface area contributed by atoms with Gasteiger partial charge in [0.25, 0.3) is 0 Å². The van der Waals surface area contributed by atoms with Gasteiger partial charge in [-0.05, 0) is 36.3 Å². The van der Waals surface area contributed by atoms with E-state index in [0.29, 0.717) is 12.1 Å². The number of fused-ring (bicyclic) bond motifs is 1. The molecule has 0 radical (unpaired) electrons. The van der Waals surface area contributed by atoms with Crippen LogP contribution in [-0.4, -0.2) is 74.2 Å². The SMILES string of the molecule is C/C=C(/COP(=O)(O)CP(=O)(O)O)[C@@H](O)[C@@H](O)[C@@H](O)n1cnc2c(NCc3cc(C(F)(F)F)cc(C(F)(F)F)c3)ncnc21. The van der Waals surface area contributed by atoms with E-state index in [1.165, 1.54) is 6.92 Å². The summed E-state index contributed by atoms with van der Waals surface area (Å²) in [6.45, 7) is -0.120. The average Bonchev–Trinajstić information content (AvgIpc) is 3.33. The number of rotatable bonds is 12. The van der Waals surface area contributed by atoms with Crippen molar-refractivity contribution in [3.63, 3.8) is 0 Å². The molecule has 244 valence electrons. The van der Waals surface area contributed by atoms with E-state index >= 15 is 0 Å². The molecule has 3 rings (SSSR count). The molecule has 0 aliphatic heterocycles. The van der Waals surface area contributed by atoms with E-state index in [2.05, 4.69) is 24.8 Å². The van der Waals surface area contributed by atoms with Crippen LogP contribution in [0.5, 0.6) is 0 Å². The summed E-state index contributed by atoms with van der Waals surface area (Å²) in [6.07, 6.45) is -13.2. The van der Waals surface area contributed by atoms with Crippen molar-refractivity contribution >= 4 is 32.2 Å². The average molecular weight is 679 g/mol. The number of aromatic nitrogens is 4. The second kappa shape index (κ2) is 13.2. The number of hydrogen-bond acceptors (Lipinski definition) is 10. The third-order valence-electron chi connectivity index (χ3n) is 5.93. The smallest absolute Gasteiger partial charge is 0.386 e. The first-order valence-electron chi connectivity index (χ1n) is 12.0. The van der Waals surface area contributed by atoms with Gasteiger partial charge in [0, 0.05) is 6.54 Å². The Morgan fingerprint density at radius 3 is 2.11 bits per heavy atom. The van der Waals surface area contributed by atoms with Gasteiger partial charge in [0.2, 0.25) is 0 Å². The quantitative estimate of drug-likeness (QED) is 0.0833. The van der Waals surface area contributed by atoms with Crippen LogP contribution in [0.15, 0.2) is 42.5 Å². The van der Waals surface area contributed by atoms with Gasteiger partial charge in [-0.15, -0.1) is 0 Å². The van der Waals surface area contributed by atoms with Gasteiger partial charge >= 0.3 is 27.5 Å². The zero-order chi connectivity index (χ0) is 33.3. The van der Waals surface area contributed by atoms with Crippen LogP contribution >= 0.6 is 15.2 Å². The topological polar surface area (TPSA) is 220 Å². The minimum absolute atomic E-state index is 0.0226. The lowest BCUT2D eigenvalue weighted by atomic mass is 10.0. The van der Waals surface area contributed by atoms with E-state index in [1.54, 1.807) is 0 Å². The summed E-state index contributed by atoms with van der Waals surface area (Å²) in [4.78, 5) is 39.1. The molecule has 4 atom stereocenters. The molecular weight excluding hydrogens is 654 g/mol. The van der Waals surface area contributed by atoms with Crippen LogP contribution < -0.4 is 5.32 Å². The molecular formula is C22H25F6N5O9P2. The van der Waals surface area contributed by atoms with Crippen LogP contribution in [0.3, 0.4) is 0 Å². The van der Waals surface area contributed by atoms with E-state index in [-0.39, 0.29) is 28.6 Å². The number of nitrogens with zero attached hydrogens (tertiary/aromatic N) is 4. The molecule has 2 heterocycles. The largest absolute Gasteiger partial charge is 0.416 e. The number of halogens is 6. The van der Waals surface area contributed by atoms with Gasteiger partial charge < -0.3 is 39.8 Å². The van der Waals surface area contributed by atoms with E-state index in [0.717, 1.165) is 23.3 Å². The molecule has 0 fully saturated rings. The third kappa shape index (κ3) is 9.06. The summed E-state index contributed by atoms with van der Waals surface area (Å²) in [5.74, 6) is -1.68. The fourth-order valence-corrected chi connectivity index (χ4v) is 6.36. The normalized spacial score (nSPS) is 16.9. The molecule has 1 unspecified atom stereocenters. The van der Waals surface area contributed by atoms with E-state index in [9.17, 15) is 55.7 Å². The van der Waals surface area contributed by atoms with Crippen LogP contribution in [0.4, 0.5) is 32.2 Å². The number of aliphatic hydroxyl groups is 3. The Morgan fingerprint density at radius 1 is 1.00 bits per heavy atom. The number of aliphatic hydroxyl groups excluding tert-OH is 3. The standard InChI is InChI=1S/C22H25F6N5O9P2/c1-2-12(7-42-44(40,41)10-43(37,38)39)16(34)17(35)20(36)33-9-32-15-18(30-8-31-19(15)33)29-6-11-3-13(21(23,24)25)5-14(4-11)22(26,27)28/h2-5,8-9,16-17,20,34-36H,6-7,10H2,1H3,(H,40,41)(H,29,30,31)(H2,37,38,39)/b12-2-/t16-,17-,20-/m1/s1. The number of anilines is 1. The fraction of sp³-hybridized carbons (Fsp3) is 0.409. The van der Waals surface area contributed by atoms with Crippen LogP contribution in [0.25, 0.3) is 11.2 Å². The summed E-state index contributed by atoms with van der Waals surface area (Å²) in [5, 5.41) is 34.4. The number of hydrogen-bond donors (Lipinski definition) is 7. The maximum Gasteiger partial charge on any atom is 0.416 e. The summed E-state index contributed by atoms with van der Waals surface area (Å²) >= 11 is 0. The molecule has 0 aliphatic carbocycles. The van der Waals surface area contributed by atoms with Crippen molar-refractivity contribution in [2.75, 3.05) is 17.8 Å². The Hall–Kier alpha value is -2.93. The zero-order valence-corrected chi connectivity index (χ0v) is 24.0. The van der Waals surface area contributed by atoms with E-state index in [1.807, 2.05) is 0 Å². The Balaban J connectivity index is 1.80. The summed E-state index contributed by atoms with van der Waals surface area (Å²) < 4.78 is 108. The van der Waals surface area contributed by atoms with Crippen molar-refractivity contribution in [1.29, 1.82) is 0 Å². The van der Waals surface area contributed by atoms with Crippen molar-refractivity contribution < 1.29 is 70.0 Å². The molecule has 0 spiro atoms. The molecule has 3 aromatic rings. The Labute approximate surface area is 243 Å². The highest BCUT2D eigenvalue weighted by atomic mass is 31.2. The number of allylic oxidation sites excluding steroid dienone is 1. The lowest BCUT2D eigenvalue weighted by Gasteiger charge is -2.26. The highest BCUT2D eigenvalue weighted by molar-refractivity contribution is 7.70. The number of nitrogens with one attached hydrogen (secondary N) is 1.